The van der Waals surface area contributed by atoms with E-state index < -0.39 is 0 Å². The van der Waals surface area contributed by atoms with Crippen LogP contribution in [0.25, 0.3) is 0 Å². The van der Waals surface area contributed by atoms with Crippen LogP contribution in [-0.2, 0) is 0 Å². The molecule has 0 spiro atoms. The normalized spacial score (nSPS) is 23.3. The van der Waals surface area contributed by atoms with Crippen LogP contribution in [-0.4, -0.2) is 41.8 Å². The average Bonchev–Trinajstić information content (AvgIpc) is 3.19. The first-order valence-corrected chi connectivity index (χ1v) is 9.11. The van der Waals surface area contributed by atoms with E-state index in [0.29, 0.717) is 29.5 Å². The zero-order chi connectivity index (χ0) is 18.3. The van der Waals surface area contributed by atoms with Crippen molar-refractivity contribution in [2.75, 3.05) is 19.8 Å². The van der Waals surface area contributed by atoms with Crippen LogP contribution < -0.4 is 9.47 Å². The number of benzene rings is 2. The zero-order valence-electron chi connectivity index (χ0n) is 14.4. The van der Waals surface area contributed by atoms with Gasteiger partial charge in [0, 0.05) is 23.0 Å². The Balaban J connectivity index is 1.73. The Hall–Kier alpha value is -2.24. The molecule has 0 saturated carbocycles. The third-order valence-corrected chi connectivity index (χ3v) is 5.24. The Kier molecular flexibility index (Phi) is 4.51. The molecular weight excluding hydrogens is 354 g/mol. The molecule has 136 valence electrons. The fourth-order valence-electron chi connectivity index (χ4n) is 3.87. The van der Waals surface area contributed by atoms with E-state index in [4.69, 9.17) is 21.1 Å². The largest absolute Gasteiger partial charge is 0.493 e. The number of carbonyl (C=O) groups is 1. The summed E-state index contributed by atoms with van der Waals surface area (Å²) in [6.45, 7) is 2.76. The topological polar surface area (TPSA) is 59.0 Å². The highest BCUT2D eigenvalue weighted by Gasteiger charge is 2.51. The Morgan fingerprint density at radius 1 is 1.35 bits per heavy atom. The number of nitrogens with zero attached hydrogens (tertiary/aromatic N) is 1. The van der Waals surface area contributed by atoms with Crippen molar-refractivity contribution in [3.8, 4) is 11.5 Å². The molecule has 0 unspecified atom stereocenters. The second-order valence-corrected chi connectivity index (χ2v) is 6.98. The minimum atomic E-state index is -0.267. The van der Waals surface area contributed by atoms with E-state index in [0.717, 1.165) is 11.3 Å². The molecule has 0 bridgehead atoms. The molecular formula is C20H20ClNO4. The summed E-state index contributed by atoms with van der Waals surface area (Å²) in [6.07, 6.45) is -0.267. The maximum absolute atomic E-state index is 13.3. The van der Waals surface area contributed by atoms with Crippen LogP contribution in [0.15, 0.2) is 42.5 Å². The van der Waals surface area contributed by atoms with Gasteiger partial charge in [-0.1, -0.05) is 23.7 Å². The van der Waals surface area contributed by atoms with Crippen LogP contribution in [0.5, 0.6) is 11.5 Å². The van der Waals surface area contributed by atoms with Gasteiger partial charge in [-0.3, -0.25) is 4.79 Å². The number of halogens is 1. The Bertz CT molecular complexity index is 840. The summed E-state index contributed by atoms with van der Waals surface area (Å²) < 4.78 is 11.7. The SMILES string of the molecule is CCOc1ccccc1C(=O)N1C[C@@H](CO)[C@@H]2Oc3ccc(Cl)cc3[C@@H]21. The van der Waals surface area contributed by atoms with E-state index in [2.05, 4.69) is 0 Å². The number of ether oxygens (including phenoxy) is 2. The summed E-state index contributed by atoms with van der Waals surface area (Å²) in [6, 6.07) is 12.4. The van der Waals surface area contributed by atoms with Gasteiger partial charge in [0.1, 0.15) is 17.6 Å². The molecule has 4 rings (SSSR count). The number of hydrogen-bond acceptors (Lipinski definition) is 4. The number of aliphatic hydroxyl groups excluding tert-OH is 1. The highest BCUT2D eigenvalue weighted by molar-refractivity contribution is 6.30. The first kappa shape index (κ1) is 17.2. The van der Waals surface area contributed by atoms with Crippen molar-refractivity contribution in [2.24, 2.45) is 5.92 Å². The van der Waals surface area contributed by atoms with Gasteiger partial charge in [0.15, 0.2) is 0 Å². The smallest absolute Gasteiger partial charge is 0.258 e. The molecule has 0 aliphatic carbocycles. The minimum absolute atomic E-state index is 0.0419. The van der Waals surface area contributed by atoms with E-state index in [1.54, 1.807) is 23.1 Å². The molecule has 3 atom stereocenters. The summed E-state index contributed by atoms with van der Waals surface area (Å²) in [7, 11) is 0. The van der Waals surface area contributed by atoms with Crippen molar-refractivity contribution in [1.82, 2.24) is 4.90 Å². The molecule has 5 nitrogen and oxygen atoms in total. The first-order chi connectivity index (χ1) is 12.6. The van der Waals surface area contributed by atoms with Crippen LogP contribution >= 0.6 is 11.6 Å². The van der Waals surface area contributed by atoms with Gasteiger partial charge in [0.2, 0.25) is 0 Å². The molecule has 6 heteroatoms. The molecule has 0 radical (unpaired) electrons. The quantitative estimate of drug-likeness (QED) is 0.893. The lowest BCUT2D eigenvalue weighted by Gasteiger charge is -2.24. The fourth-order valence-corrected chi connectivity index (χ4v) is 4.05. The second kappa shape index (κ2) is 6.82. The number of fused-ring (bicyclic) bond motifs is 3. The number of amides is 1. The second-order valence-electron chi connectivity index (χ2n) is 6.54. The molecule has 1 fully saturated rings. The maximum Gasteiger partial charge on any atom is 0.258 e. The summed E-state index contributed by atoms with van der Waals surface area (Å²) in [4.78, 5) is 15.1. The molecule has 1 saturated heterocycles. The average molecular weight is 374 g/mol. The number of carbonyl (C=O) groups excluding carboxylic acids is 1. The molecule has 26 heavy (non-hydrogen) atoms. The zero-order valence-corrected chi connectivity index (χ0v) is 15.1. The summed E-state index contributed by atoms with van der Waals surface area (Å²) in [5, 5.41) is 10.4. The van der Waals surface area contributed by atoms with Gasteiger partial charge in [0.25, 0.3) is 5.91 Å². The van der Waals surface area contributed by atoms with Gasteiger partial charge in [-0.05, 0) is 37.3 Å². The van der Waals surface area contributed by atoms with E-state index in [9.17, 15) is 9.90 Å². The Morgan fingerprint density at radius 3 is 2.92 bits per heavy atom. The summed E-state index contributed by atoms with van der Waals surface area (Å²) in [5.41, 5.74) is 1.41. The lowest BCUT2D eigenvalue weighted by atomic mass is 9.99. The van der Waals surface area contributed by atoms with Crippen LogP contribution in [0, 0.1) is 5.92 Å². The minimum Gasteiger partial charge on any atom is -0.493 e. The third-order valence-electron chi connectivity index (χ3n) is 5.01. The molecule has 2 aliphatic rings. The van der Waals surface area contributed by atoms with Gasteiger partial charge >= 0.3 is 0 Å². The predicted octanol–water partition coefficient (Wildman–Crippen LogP) is 3.31. The van der Waals surface area contributed by atoms with Gasteiger partial charge in [-0.15, -0.1) is 0 Å². The lowest BCUT2D eigenvalue weighted by Crippen LogP contribution is -2.32. The number of likely N-dealkylation sites (tertiary alicyclic amines) is 1. The van der Waals surface area contributed by atoms with Crippen molar-refractivity contribution in [2.45, 2.75) is 19.1 Å². The number of hydrogen-bond donors (Lipinski definition) is 1. The molecule has 2 heterocycles. The fraction of sp³-hybridized carbons (Fsp3) is 0.350. The van der Waals surface area contributed by atoms with E-state index in [-0.39, 0.29) is 30.6 Å². The highest BCUT2D eigenvalue weighted by Crippen LogP contribution is 2.48. The number of rotatable bonds is 4. The van der Waals surface area contributed by atoms with Crippen molar-refractivity contribution < 1.29 is 19.4 Å². The standard InChI is InChI=1S/C20H20ClNO4/c1-2-25-16-6-4-3-5-14(16)20(24)22-10-12(11-23)19-18(22)15-9-13(21)7-8-17(15)26-19/h3-9,12,18-19,23H,2,10-11H2,1H3/t12-,18-,19-/m0/s1. The molecule has 0 aromatic heterocycles. The van der Waals surface area contributed by atoms with Crippen LogP contribution in [0.2, 0.25) is 5.02 Å². The molecule has 2 aromatic rings. The van der Waals surface area contributed by atoms with Crippen molar-refractivity contribution >= 4 is 17.5 Å². The molecule has 1 amide bonds. The highest BCUT2D eigenvalue weighted by atomic mass is 35.5. The van der Waals surface area contributed by atoms with Crippen LogP contribution in [0.4, 0.5) is 0 Å². The Morgan fingerprint density at radius 2 is 2.15 bits per heavy atom. The van der Waals surface area contributed by atoms with Crippen molar-refractivity contribution in [3.05, 3.63) is 58.6 Å². The van der Waals surface area contributed by atoms with E-state index in [1.165, 1.54) is 0 Å². The van der Waals surface area contributed by atoms with Gasteiger partial charge < -0.3 is 19.5 Å². The number of aliphatic hydroxyl groups is 1. The molecule has 1 N–H and O–H groups in total. The lowest BCUT2D eigenvalue weighted by molar-refractivity contribution is 0.0701. The van der Waals surface area contributed by atoms with E-state index >= 15 is 0 Å². The van der Waals surface area contributed by atoms with Crippen LogP contribution in [0.3, 0.4) is 0 Å². The first-order valence-electron chi connectivity index (χ1n) is 8.73. The van der Waals surface area contributed by atoms with Gasteiger partial charge in [-0.25, -0.2) is 0 Å². The molecule has 2 aromatic carbocycles. The maximum atomic E-state index is 13.3. The van der Waals surface area contributed by atoms with Crippen molar-refractivity contribution in [3.63, 3.8) is 0 Å². The molecule has 2 aliphatic heterocycles. The monoisotopic (exact) mass is 373 g/mol. The predicted molar refractivity (Wildman–Crippen MR) is 97.8 cm³/mol. The van der Waals surface area contributed by atoms with Crippen LogP contribution in [0.1, 0.15) is 28.9 Å². The number of para-hydroxylation sites is 1. The van der Waals surface area contributed by atoms with Gasteiger partial charge in [0.05, 0.1) is 24.8 Å². The van der Waals surface area contributed by atoms with E-state index in [1.807, 2.05) is 31.2 Å². The van der Waals surface area contributed by atoms with Gasteiger partial charge in [-0.2, -0.15) is 0 Å². The Labute approximate surface area is 157 Å². The third kappa shape index (κ3) is 2.72. The van der Waals surface area contributed by atoms with Crippen molar-refractivity contribution in [1.29, 1.82) is 0 Å². The summed E-state index contributed by atoms with van der Waals surface area (Å²) in [5.74, 6) is 1.01. The summed E-state index contributed by atoms with van der Waals surface area (Å²) >= 11 is 6.17.